The maximum Gasteiger partial charge on any atom is 0.331 e. The van der Waals surface area contributed by atoms with E-state index in [9.17, 15) is 14.7 Å². The van der Waals surface area contributed by atoms with Crippen molar-refractivity contribution >= 4 is 5.71 Å². The third-order valence-corrected chi connectivity index (χ3v) is 4.92. The molecule has 29 heavy (non-hydrogen) atoms. The third-order valence-electron chi connectivity index (χ3n) is 4.92. The van der Waals surface area contributed by atoms with Crippen molar-refractivity contribution in [1.29, 1.82) is 0 Å². The fourth-order valence-electron chi connectivity index (χ4n) is 3.36. The molecule has 4 rings (SSSR count). The zero-order chi connectivity index (χ0) is 20.4. The van der Waals surface area contributed by atoms with Gasteiger partial charge in [-0.2, -0.15) is 5.10 Å². The van der Waals surface area contributed by atoms with Crippen molar-refractivity contribution in [1.82, 2.24) is 15.0 Å². The number of rotatable bonds is 5. The quantitative estimate of drug-likeness (QED) is 0.613. The molecule has 0 aliphatic carbocycles. The Labute approximate surface area is 166 Å². The lowest BCUT2D eigenvalue weighted by molar-refractivity contribution is 0.408. The van der Waals surface area contributed by atoms with E-state index in [1.807, 2.05) is 54.6 Å². The van der Waals surface area contributed by atoms with Gasteiger partial charge in [-0.05, 0) is 23.3 Å². The van der Waals surface area contributed by atoms with Crippen molar-refractivity contribution < 1.29 is 9.84 Å². The molecule has 1 atom stereocenters. The van der Waals surface area contributed by atoms with E-state index in [2.05, 4.69) is 15.5 Å². The van der Waals surface area contributed by atoms with Gasteiger partial charge in [0.25, 0.3) is 5.56 Å². The van der Waals surface area contributed by atoms with Crippen molar-refractivity contribution in [3.63, 3.8) is 0 Å². The fraction of sp³-hybridized carbons (Fsp3) is 0.190. The van der Waals surface area contributed by atoms with Gasteiger partial charge < -0.3 is 15.3 Å². The Morgan fingerprint density at radius 3 is 2.55 bits per heavy atom. The highest BCUT2D eigenvalue weighted by Gasteiger charge is 2.27. The average Bonchev–Trinajstić information content (AvgIpc) is 3.21. The normalized spacial score (nSPS) is 15.6. The lowest BCUT2D eigenvalue weighted by atomic mass is 10.00. The molecule has 0 saturated heterocycles. The highest BCUT2D eigenvalue weighted by Crippen LogP contribution is 2.27. The molecule has 3 aromatic rings. The Hall–Kier alpha value is -3.81. The lowest BCUT2D eigenvalue weighted by Gasteiger charge is -2.12. The SMILES string of the molecule is COc1ccc([C@@H]2CC(c3c(O)n(Cc4ccccc4)c(=O)[nH]c3=O)=NN2)cc1. The minimum atomic E-state index is -0.668. The second-order valence-corrected chi connectivity index (χ2v) is 6.75. The van der Waals surface area contributed by atoms with E-state index in [-0.39, 0.29) is 18.2 Å². The van der Waals surface area contributed by atoms with Gasteiger partial charge in [-0.1, -0.05) is 42.5 Å². The maximum atomic E-state index is 12.4. The fourth-order valence-corrected chi connectivity index (χ4v) is 3.36. The molecule has 1 aliphatic rings. The van der Waals surface area contributed by atoms with E-state index < -0.39 is 17.1 Å². The molecule has 0 radical (unpaired) electrons. The zero-order valence-corrected chi connectivity index (χ0v) is 15.8. The first kappa shape index (κ1) is 18.5. The number of methoxy groups -OCH3 is 1. The number of nitrogens with zero attached hydrogens (tertiary/aromatic N) is 2. The minimum absolute atomic E-state index is 0.00374. The maximum absolute atomic E-state index is 12.4. The van der Waals surface area contributed by atoms with Gasteiger partial charge >= 0.3 is 5.69 Å². The van der Waals surface area contributed by atoms with Crippen LogP contribution >= 0.6 is 0 Å². The van der Waals surface area contributed by atoms with Gasteiger partial charge in [0.15, 0.2) is 0 Å². The second-order valence-electron chi connectivity index (χ2n) is 6.75. The van der Waals surface area contributed by atoms with Crippen LogP contribution < -0.4 is 21.4 Å². The van der Waals surface area contributed by atoms with Crippen LogP contribution in [0.3, 0.4) is 0 Å². The summed E-state index contributed by atoms with van der Waals surface area (Å²) in [6, 6.07) is 16.6. The van der Waals surface area contributed by atoms with Crippen LogP contribution in [0.4, 0.5) is 0 Å². The molecule has 0 fully saturated rings. The van der Waals surface area contributed by atoms with Gasteiger partial charge in [0.1, 0.15) is 11.3 Å². The Morgan fingerprint density at radius 1 is 1.14 bits per heavy atom. The first-order valence-electron chi connectivity index (χ1n) is 9.13. The lowest BCUT2D eigenvalue weighted by Crippen LogP contribution is -2.34. The predicted molar refractivity (Wildman–Crippen MR) is 109 cm³/mol. The zero-order valence-electron chi connectivity index (χ0n) is 15.8. The summed E-state index contributed by atoms with van der Waals surface area (Å²) in [5.74, 6) is 0.355. The predicted octanol–water partition coefficient (Wildman–Crippen LogP) is 1.74. The molecule has 0 unspecified atom stereocenters. The van der Waals surface area contributed by atoms with Crippen molar-refractivity contribution in [2.24, 2.45) is 5.10 Å². The third kappa shape index (κ3) is 3.64. The first-order chi connectivity index (χ1) is 14.1. The highest BCUT2D eigenvalue weighted by atomic mass is 16.5. The summed E-state index contributed by atoms with van der Waals surface area (Å²) in [5.41, 5.74) is 3.86. The summed E-state index contributed by atoms with van der Waals surface area (Å²) in [7, 11) is 1.60. The van der Waals surface area contributed by atoms with Crippen LogP contribution in [-0.2, 0) is 6.54 Å². The van der Waals surface area contributed by atoms with Crippen molar-refractivity contribution in [3.05, 3.63) is 92.1 Å². The van der Waals surface area contributed by atoms with Gasteiger partial charge in [0.05, 0.1) is 25.4 Å². The number of hydrazone groups is 1. The summed E-state index contributed by atoms with van der Waals surface area (Å²) < 4.78 is 6.30. The number of hydrogen-bond acceptors (Lipinski definition) is 6. The summed E-state index contributed by atoms with van der Waals surface area (Å²) in [6.07, 6.45) is 0.395. The molecule has 8 heteroatoms. The van der Waals surface area contributed by atoms with Crippen LogP contribution in [0.15, 0.2) is 69.3 Å². The number of aromatic hydroxyl groups is 1. The van der Waals surface area contributed by atoms with E-state index in [0.29, 0.717) is 12.1 Å². The molecule has 1 aliphatic heterocycles. The minimum Gasteiger partial charge on any atom is -0.497 e. The number of aromatic nitrogens is 2. The Morgan fingerprint density at radius 2 is 1.86 bits per heavy atom. The Kier molecular flexibility index (Phi) is 4.90. The number of benzene rings is 2. The molecule has 148 valence electrons. The number of hydrogen-bond donors (Lipinski definition) is 3. The Balaban J connectivity index is 1.64. The van der Waals surface area contributed by atoms with E-state index in [1.165, 1.54) is 0 Å². The molecule has 8 nitrogen and oxygen atoms in total. The molecule has 0 spiro atoms. The second kappa shape index (κ2) is 7.67. The molecule has 2 heterocycles. The van der Waals surface area contributed by atoms with Gasteiger partial charge in [0.2, 0.25) is 5.88 Å². The summed E-state index contributed by atoms with van der Waals surface area (Å²) in [4.78, 5) is 27.0. The molecule has 0 amide bonds. The molecule has 1 aromatic heterocycles. The number of aromatic amines is 1. The van der Waals surface area contributed by atoms with Crippen LogP contribution in [0.2, 0.25) is 0 Å². The molecule has 0 bridgehead atoms. The van der Waals surface area contributed by atoms with Crippen LogP contribution in [0.1, 0.15) is 29.2 Å². The highest BCUT2D eigenvalue weighted by molar-refractivity contribution is 6.03. The molecule has 3 N–H and O–H groups in total. The monoisotopic (exact) mass is 392 g/mol. The summed E-state index contributed by atoms with van der Waals surface area (Å²) in [6.45, 7) is 0.137. The van der Waals surface area contributed by atoms with E-state index in [4.69, 9.17) is 4.74 Å². The van der Waals surface area contributed by atoms with Gasteiger partial charge in [0, 0.05) is 6.42 Å². The van der Waals surface area contributed by atoms with Gasteiger partial charge in [-0.25, -0.2) is 4.79 Å². The molecular weight excluding hydrogens is 372 g/mol. The van der Waals surface area contributed by atoms with E-state index in [0.717, 1.165) is 21.4 Å². The van der Waals surface area contributed by atoms with Crippen LogP contribution in [0, 0.1) is 0 Å². The number of H-pyrrole nitrogens is 1. The topological polar surface area (TPSA) is 109 Å². The molecular formula is C21H20N4O4. The number of nitrogens with one attached hydrogen (secondary N) is 2. The van der Waals surface area contributed by atoms with Crippen LogP contribution in [0.5, 0.6) is 11.6 Å². The average molecular weight is 392 g/mol. The molecule has 0 saturated carbocycles. The van der Waals surface area contributed by atoms with E-state index >= 15 is 0 Å². The van der Waals surface area contributed by atoms with Crippen molar-refractivity contribution in [2.45, 2.75) is 19.0 Å². The van der Waals surface area contributed by atoms with Gasteiger partial charge in [-0.3, -0.25) is 14.3 Å². The molecule has 2 aromatic carbocycles. The van der Waals surface area contributed by atoms with Crippen molar-refractivity contribution in [3.8, 4) is 11.6 Å². The summed E-state index contributed by atoms with van der Waals surface area (Å²) >= 11 is 0. The summed E-state index contributed by atoms with van der Waals surface area (Å²) in [5, 5.41) is 15.0. The largest absolute Gasteiger partial charge is 0.497 e. The van der Waals surface area contributed by atoms with E-state index in [1.54, 1.807) is 7.11 Å². The number of ether oxygens (including phenoxy) is 1. The van der Waals surface area contributed by atoms with Gasteiger partial charge in [-0.15, -0.1) is 0 Å². The van der Waals surface area contributed by atoms with Crippen LogP contribution in [0.25, 0.3) is 0 Å². The first-order valence-corrected chi connectivity index (χ1v) is 9.13. The smallest absolute Gasteiger partial charge is 0.331 e. The standard InChI is InChI=1S/C21H20N4O4/c1-29-15-9-7-14(8-10-15)16-11-17(24-23-16)18-19(26)22-21(28)25(20(18)27)12-13-5-3-2-4-6-13/h2-10,16,23,27H,11-12H2,1H3,(H,22,26,28)/t16-/m0/s1. The van der Waals surface area contributed by atoms with Crippen LogP contribution in [-0.4, -0.2) is 27.5 Å². The Bertz CT molecular complexity index is 1160. The van der Waals surface area contributed by atoms with Crippen molar-refractivity contribution in [2.75, 3.05) is 7.11 Å².